The second-order valence-corrected chi connectivity index (χ2v) is 7.50. The van der Waals surface area contributed by atoms with Crippen molar-refractivity contribution in [2.45, 2.75) is 13.3 Å². The van der Waals surface area contributed by atoms with Gasteiger partial charge < -0.3 is 20.4 Å². The van der Waals surface area contributed by atoms with Gasteiger partial charge in [0.2, 0.25) is 0 Å². The third kappa shape index (κ3) is 4.78. The van der Waals surface area contributed by atoms with E-state index in [2.05, 4.69) is 40.6 Å². The minimum absolute atomic E-state index is 0.0602. The molecule has 31 heavy (non-hydrogen) atoms. The molecule has 0 atom stereocenters. The number of hydrogen-bond donors (Lipinski definition) is 3. The summed E-state index contributed by atoms with van der Waals surface area (Å²) >= 11 is 0. The highest BCUT2D eigenvalue weighted by molar-refractivity contribution is 5.92. The normalized spacial score (nSPS) is 10.9. The summed E-state index contributed by atoms with van der Waals surface area (Å²) in [6.45, 7) is 3.30. The van der Waals surface area contributed by atoms with Crippen molar-refractivity contribution >= 4 is 28.0 Å². The zero-order valence-corrected chi connectivity index (χ0v) is 17.6. The maximum absolute atomic E-state index is 10.5. The number of aliphatic hydroxyl groups excluding tert-OH is 1. The highest BCUT2D eigenvalue weighted by Crippen LogP contribution is 2.29. The summed E-state index contributed by atoms with van der Waals surface area (Å²) in [5.41, 5.74) is 5.97. The molecule has 0 aliphatic heterocycles. The number of likely N-dealkylation sites (N-methyl/N-ethyl adjacent to an activating group) is 1. The molecule has 1 heterocycles. The molecule has 0 bridgehead atoms. The van der Waals surface area contributed by atoms with Crippen LogP contribution in [0.2, 0.25) is 0 Å². The molecule has 0 unspecified atom stereocenters. The Kier molecular flexibility index (Phi) is 6.34. The van der Waals surface area contributed by atoms with Crippen LogP contribution in [0.3, 0.4) is 0 Å². The highest BCUT2D eigenvalue weighted by atomic mass is 16.3. The van der Waals surface area contributed by atoms with Gasteiger partial charge in [0.15, 0.2) is 0 Å². The molecule has 158 valence electrons. The number of nitrogens with zero attached hydrogens (tertiary/aromatic N) is 2. The van der Waals surface area contributed by atoms with Crippen molar-refractivity contribution in [1.29, 1.82) is 0 Å². The quantitative estimate of drug-likeness (QED) is 0.375. The molecule has 0 aliphatic rings. The average molecular weight is 414 g/mol. The van der Waals surface area contributed by atoms with Crippen molar-refractivity contribution in [2.75, 3.05) is 29.9 Å². The van der Waals surface area contributed by atoms with E-state index in [4.69, 9.17) is 0 Å². The Balaban J connectivity index is 1.47. The lowest BCUT2D eigenvalue weighted by molar-refractivity contribution is 0.302. The smallest absolute Gasteiger partial charge is 0.139 e. The summed E-state index contributed by atoms with van der Waals surface area (Å²) < 4.78 is 0. The molecule has 0 aliphatic carbocycles. The molecule has 0 saturated heterocycles. The van der Waals surface area contributed by atoms with Crippen LogP contribution < -0.4 is 10.2 Å². The molecular formula is C26H27N3O2. The van der Waals surface area contributed by atoms with Crippen LogP contribution in [0, 0.1) is 0 Å². The second-order valence-electron chi connectivity index (χ2n) is 7.50. The first kappa shape index (κ1) is 20.7. The molecule has 5 nitrogen and oxygen atoms in total. The summed E-state index contributed by atoms with van der Waals surface area (Å²) in [5, 5.41) is 24.2. The number of fused-ring (bicyclic) bond motifs is 1. The van der Waals surface area contributed by atoms with Crippen molar-refractivity contribution < 1.29 is 10.2 Å². The van der Waals surface area contributed by atoms with E-state index in [9.17, 15) is 10.2 Å². The van der Waals surface area contributed by atoms with Crippen LogP contribution in [0.25, 0.3) is 10.9 Å². The second kappa shape index (κ2) is 9.49. The number of para-hydroxylation sites is 1. The Hall–Kier alpha value is -3.57. The van der Waals surface area contributed by atoms with Crippen LogP contribution in [0.5, 0.6) is 5.75 Å². The van der Waals surface area contributed by atoms with E-state index in [1.807, 2.05) is 60.5 Å². The molecule has 0 saturated carbocycles. The monoisotopic (exact) mass is 413 g/mol. The van der Waals surface area contributed by atoms with E-state index in [-0.39, 0.29) is 12.4 Å². The lowest BCUT2D eigenvalue weighted by atomic mass is 10.0. The van der Waals surface area contributed by atoms with Crippen LogP contribution in [0.1, 0.15) is 18.1 Å². The number of benzene rings is 3. The Labute approximate surface area is 182 Å². The van der Waals surface area contributed by atoms with Gasteiger partial charge in [-0.3, -0.25) is 4.98 Å². The fraction of sp³-hybridized carbons (Fsp3) is 0.192. The summed E-state index contributed by atoms with van der Waals surface area (Å²) in [4.78, 5) is 6.37. The molecule has 3 N–H and O–H groups in total. The molecule has 0 fully saturated rings. The van der Waals surface area contributed by atoms with E-state index in [1.54, 1.807) is 0 Å². The maximum atomic E-state index is 10.5. The van der Waals surface area contributed by atoms with Crippen LogP contribution in [0.4, 0.5) is 17.1 Å². The molecule has 1 aromatic heterocycles. The molecule has 0 amide bonds. The van der Waals surface area contributed by atoms with E-state index >= 15 is 0 Å². The zero-order valence-electron chi connectivity index (χ0n) is 17.6. The summed E-state index contributed by atoms with van der Waals surface area (Å²) in [6.07, 6.45) is 2.55. The van der Waals surface area contributed by atoms with Crippen molar-refractivity contribution in [3.8, 4) is 5.75 Å². The van der Waals surface area contributed by atoms with Gasteiger partial charge in [0.25, 0.3) is 0 Å². The zero-order chi connectivity index (χ0) is 21.6. The standard InChI is InChI=1S/C26H27N3O2/c1-2-29(15-16-30)25-12-9-20(18-26(25)31)17-19-7-10-21(11-8-19)28-24-13-14-27-23-6-4-3-5-22(23)24/h3-14,18,30-31H,2,15-17H2,1H3,(H,27,28). The van der Waals surface area contributed by atoms with E-state index in [0.717, 1.165) is 46.5 Å². The number of nitrogens with one attached hydrogen (secondary N) is 1. The number of hydrogen-bond acceptors (Lipinski definition) is 5. The van der Waals surface area contributed by atoms with Gasteiger partial charge in [-0.1, -0.05) is 36.4 Å². The first-order valence-corrected chi connectivity index (χ1v) is 10.6. The molecule has 0 spiro atoms. The van der Waals surface area contributed by atoms with Crippen LogP contribution in [-0.2, 0) is 6.42 Å². The Morgan fingerprint density at radius 3 is 2.45 bits per heavy atom. The molecule has 5 heteroatoms. The first-order chi connectivity index (χ1) is 15.2. The van der Waals surface area contributed by atoms with Gasteiger partial charge in [0.1, 0.15) is 5.75 Å². The fourth-order valence-corrected chi connectivity index (χ4v) is 3.82. The Morgan fingerprint density at radius 1 is 0.935 bits per heavy atom. The van der Waals surface area contributed by atoms with Gasteiger partial charge in [-0.25, -0.2) is 0 Å². The van der Waals surface area contributed by atoms with E-state index in [0.29, 0.717) is 6.54 Å². The minimum Gasteiger partial charge on any atom is -0.506 e. The van der Waals surface area contributed by atoms with Crippen LogP contribution in [0.15, 0.2) is 79.0 Å². The molecule has 0 radical (unpaired) electrons. The topological polar surface area (TPSA) is 68.6 Å². The lowest BCUT2D eigenvalue weighted by Gasteiger charge is -2.23. The SMILES string of the molecule is CCN(CCO)c1ccc(Cc2ccc(Nc3ccnc4ccccc34)cc2)cc1O. The van der Waals surface area contributed by atoms with Gasteiger partial charge in [-0.05, 0) is 60.9 Å². The number of aliphatic hydroxyl groups is 1. The molecule has 4 rings (SSSR count). The minimum atomic E-state index is 0.0602. The van der Waals surface area contributed by atoms with Crippen LogP contribution in [-0.4, -0.2) is 34.9 Å². The molecular weight excluding hydrogens is 386 g/mol. The summed E-state index contributed by atoms with van der Waals surface area (Å²) in [5.74, 6) is 0.246. The number of pyridine rings is 1. The molecule has 3 aromatic carbocycles. The number of aromatic nitrogens is 1. The van der Waals surface area contributed by atoms with Crippen LogP contribution >= 0.6 is 0 Å². The number of anilines is 3. The van der Waals surface area contributed by atoms with Gasteiger partial charge in [0, 0.05) is 36.0 Å². The number of phenols is 1. The van der Waals surface area contributed by atoms with Crippen molar-refractivity contribution in [2.24, 2.45) is 0 Å². The van der Waals surface area contributed by atoms with Gasteiger partial charge in [-0.15, -0.1) is 0 Å². The molecule has 4 aromatic rings. The van der Waals surface area contributed by atoms with E-state index < -0.39 is 0 Å². The van der Waals surface area contributed by atoms with Gasteiger partial charge in [0.05, 0.1) is 17.8 Å². The summed E-state index contributed by atoms with van der Waals surface area (Å²) in [7, 11) is 0. The predicted molar refractivity (Wildman–Crippen MR) is 127 cm³/mol. The first-order valence-electron chi connectivity index (χ1n) is 10.6. The lowest BCUT2D eigenvalue weighted by Crippen LogP contribution is -2.26. The third-order valence-electron chi connectivity index (χ3n) is 5.42. The van der Waals surface area contributed by atoms with Crippen molar-refractivity contribution in [3.05, 3.63) is 90.1 Å². The Morgan fingerprint density at radius 2 is 1.71 bits per heavy atom. The number of phenolic OH excluding ortho intramolecular Hbond substituents is 1. The van der Waals surface area contributed by atoms with Crippen molar-refractivity contribution in [3.63, 3.8) is 0 Å². The van der Waals surface area contributed by atoms with Gasteiger partial charge >= 0.3 is 0 Å². The largest absolute Gasteiger partial charge is 0.506 e. The van der Waals surface area contributed by atoms with E-state index in [1.165, 1.54) is 5.56 Å². The highest BCUT2D eigenvalue weighted by Gasteiger charge is 2.10. The summed E-state index contributed by atoms with van der Waals surface area (Å²) in [6, 6.07) is 24.2. The van der Waals surface area contributed by atoms with Gasteiger partial charge in [-0.2, -0.15) is 0 Å². The number of rotatable bonds is 8. The number of aromatic hydroxyl groups is 1. The average Bonchev–Trinajstić information content (AvgIpc) is 2.79. The van der Waals surface area contributed by atoms with Crippen molar-refractivity contribution in [1.82, 2.24) is 4.98 Å². The third-order valence-corrected chi connectivity index (χ3v) is 5.42. The fourth-order valence-electron chi connectivity index (χ4n) is 3.82. The predicted octanol–water partition coefficient (Wildman–Crippen LogP) is 5.09. The Bertz CT molecular complexity index is 1150. The maximum Gasteiger partial charge on any atom is 0.139 e.